The third kappa shape index (κ3) is 4.49. The molecule has 1 heterocycles. The van der Waals surface area contributed by atoms with E-state index in [0.29, 0.717) is 13.1 Å². The summed E-state index contributed by atoms with van der Waals surface area (Å²) < 4.78 is 2.50. The minimum atomic E-state index is -0.367. The summed E-state index contributed by atoms with van der Waals surface area (Å²) in [7, 11) is 0. The number of hydrogen-bond donors (Lipinski definition) is 1. The van der Waals surface area contributed by atoms with E-state index in [2.05, 4.69) is 21.2 Å². The lowest BCUT2D eigenvalue weighted by molar-refractivity contribution is 0.0949. The van der Waals surface area contributed by atoms with Crippen LogP contribution in [0.2, 0.25) is 0 Å². The standard InChI is InChI=1S/C21H19BrN2O2/c1-15-7-9-16(10-8-15)14-24-11-3-6-19(21(24)26)20(25)23-13-17-4-2-5-18(22)12-17/h2-12H,13-14H2,1H3,(H,23,25). The van der Waals surface area contributed by atoms with Crippen LogP contribution in [0.4, 0.5) is 0 Å². The van der Waals surface area contributed by atoms with Gasteiger partial charge in [-0.15, -0.1) is 0 Å². The smallest absolute Gasteiger partial charge is 0.263 e. The number of aryl methyl sites for hydroxylation is 1. The van der Waals surface area contributed by atoms with Crippen LogP contribution in [0, 0.1) is 6.92 Å². The van der Waals surface area contributed by atoms with E-state index in [1.54, 1.807) is 22.9 Å². The van der Waals surface area contributed by atoms with Crippen molar-refractivity contribution in [3.63, 3.8) is 0 Å². The van der Waals surface area contributed by atoms with Gasteiger partial charge in [0.25, 0.3) is 11.5 Å². The summed E-state index contributed by atoms with van der Waals surface area (Å²) >= 11 is 3.41. The van der Waals surface area contributed by atoms with Crippen LogP contribution in [0.25, 0.3) is 0 Å². The van der Waals surface area contributed by atoms with Crippen LogP contribution in [0.5, 0.6) is 0 Å². The lowest BCUT2D eigenvalue weighted by atomic mass is 10.1. The highest BCUT2D eigenvalue weighted by molar-refractivity contribution is 9.10. The number of hydrogen-bond acceptors (Lipinski definition) is 2. The quantitative estimate of drug-likeness (QED) is 0.693. The SMILES string of the molecule is Cc1ccc(Cn2cccc(C(=O)NCc3cccc(Br)c3)c2=O)cc1. The Morgan fingerprint density at radius 3 is 2.54 bits per heavy atom. The molecule has 0 aliphatic carbocycles. The van der Waals surface area contributed by atoms with Crippen LogP contribution in [-0.4, -0.2) is 10.5 Å². The number of carbonyl (C=O) groups excluding carboxylic acids is 1. The number of pyridine rings is 1. The highest BCUT2D eigenvalue weighted by Gasteiger charge is 2.12. The van der Waals surface area contributed by atoms with Gasteiger partial charge in [0, 0.05) is 17.2 Å². The first-order valence-corrected chi connectivity index (χ1v) is 9.10. The van der Waals surface area contributed by atoms with Crippen LogP contribution in [0.3, 0.4) is 0 Å². The van der Waals surface area contributed by atoms with Gasteiger partial charge >= 0.3 is 0 Å². The number of carbonyl (C=O) groups is 1. The molecule has 1 aromatic heterocycles. The molecule has 0 bridgehead atoms. The van der Waals surface area contributed by atoms with Crippen molar-refractivity contribution in [2.45, 2.75) is 20.0 Å². The Hall–Kier alpha value is -2.66. The van der Waals surface area contributed by atoms with E-state index in [0.717, 1.165) is 15.6 Å². The maximum absolute atomic E-state index is 12.6. The van der Waals surface area contributed by atoms with E-state index in [9.17, 15) is 9.59 Å². The first-order valence-electron chi connectivity index (χ1n) is 8.30. The Labute approximate surface area is 160 Å². The van der Waals surface area contributed by atoms with Crippen molar-refractivity contribution in [1.82, 2.24) is 9.88 Å². The second-order valence-electron chi connectivity index (χ2n) is 6.15. The van der Waals surface area contributed by atoms with E-state index in [4.69, 9.17) is 0 Å². The predicted molar refractivity (Wildman–Crippen MR) is 106 cm³/mol. The molecule has 3 aromatic rings. The summed E-state index contributed by atoms with van der Waals surface area (Å²) in [5.41, 5.74) is 3.00. The fourth-order valence-corrected chi connectivity index (χ4v) is 3.10. The van der Waals surface area contributed by atoms with E-state index in [1.807, 2.05) is 55.5 Å². The molecule has 0 atom stereocenters. The molecule has 0 saturated heterocycles. The van der Waals surface area contributed by atoms with Crippen molar-refractivity contribution in [1.29, 1.82) is 0 Å². The molecule has 26 heavy (non-hydrogen) atoms. The monoisotopic (exact) mass is 410 g/mol. The van der Waals surface area contributed by atoms with Crippen LogP contribution in [-0.2, 0) is 13.1 Å². The molecule has 0 radical (unpaired) electrons. The number of nitrogens with one attached hydrogen (secondary N) is 1. The highest BCUT2D eigenvalue weighted by atomic mass is 79.9. The second kappa shape index (κ2) is 8.15. The molecule has 5 heteroatoms. The topological polar surface area (TPSA) is 51.1 Å². The summed E-state index contributed by atoms with van der Waals surface area (Å²) in [6, 6.07) is 19.0. The molecule has 0 aliphatic heterocycles. The molecule has 0 fully saturated rings. The number of halogens is 1. The molecule has 132 valence electrons. The Balaban J connectivity index is 1.74. The Bertz CT molecular complexity index is 978. The molecule has 3 rings (SSSR count). The number of amides is 1. The van der Waals surface area contributed by atoms with Crippen molar-refractivity contribution in [2.75, 3.05) is 0 Å². The average Bonchev–Trinajstić information content (AvgIpc) is 2.63. The largest absolute Gasteiger partial charge is 0.348 e. The summed E-state index contributed by atoms with van der Waals surface area (Å²) in [4.78, 5) is 25.1. The van der Waals surface area contributed by atoms with Gasteiger partial charge in [-0.3, -0.25) is 9.59 Å². The van der Waals surface area contributed by atoms with Gasteiger partial charge < -0.3 is 9.88 Å². The van der Waals surface area contributed by atoms with E-state index < -0.39 is 0 Å². The van der Waals surface area contributed by atoms with Gasteiger partial charge in [0.05, 0.1) is 6.54 Å². The van der Waals surface area contributed by atoms with Gasteiger partial charge in [0.1, 0.15) is 5.56 Å². The number of benzene rings is 2. The normalized spacial score (nSPS) is 10.5. The zero-order valence-corrected chi connectivity index (χ0v) is 16.0. The summed E-state index contributed by atoms with van der Waals surface area (Å²) in [5.74, 6) is -0.367. The molecule has 4 nitrogen and oxygen atoms in total. The van der Waals surface area contributed by atoms with Crippen LogP contribution in [0.15, 0.2) is 76.1 Å². The fraction of sp³-hybridized carbons (Fsp3) is 0.143. The van der Waals surface area contributed by atoms with Gasteiger partial charge in [-0.1, -0.05) is 57.9 Å². The van der Waals surface area contributed by atoms with Crippen molar-refractivity contribution < 1.29 is 4.79 Å². The molecule has 0 unspecified atom stereocenters. The van der Waals surface area contributed by atoms with Crippen LogP contribution < -0.4 is 10.9 Å². The van der Waals surface area contributed by atoms with Crippen molar-refractivity contribution in [3.05, 3.63) is 104 Å². The van der Waals surface area contributed by atoms with Crippen molar-refractivity contribution in [3.8, 4) is 0 Å². The minimum Gasteiger partial charge on any atom is -0.348 e. The number of rotatable bonds is 5. The van der Waals surface area contributed by atoms with Crippen molar-refractivity contribution >= 4 is 21.8 Å². The van der Waals surface area contributed by atoms with Gasteiger partial charge in [0.2, 0.25) is 0 Å². The minimum absolute atomic E-state index is 0.148. The van der Waals surface area contributed by atoms with E-state index >= 15 is 0 Å². The zero-order chi connectivity index (χ0) is 18.5. The van der Waals surface area contributed by atoms with Crippen molar-refractivity contribution in [2.24, 2.45) is 0 Å². The number of aromatic nitrogens is 1. The molecular formula is C21H19BrN2O2. The fourth-order valence-electron chi connectivity index (χ4n) is 2.65. The molecule has 1 N–H and O–H groups in total. The summed E-state index contributed by atoms with van der Waals surface area (Å²) in [6.45, 7) is 2.82. The highest BCUT2D eigenvalue weighted by Crippen LogP contribution is 2.11. The molecule has 2 aromatic carbocycles. The third-order valence-corrected chi connectivity index (χ3v) is 4.57. The second-order valence-corrected chi connectivity index (χ2v) is 7.07. The van der Waals surface area contributed by atoms with Crippen LogP contribution in [0.1, 0.15) is 27.0 Å². The predicted octanol–water partition coefficient (Wildman–Crippen LogP) is 3.90. The first-order chi connectivity index (χ1) is 12.5. The first kappa shape index (κ1) is 18.1. The Kier molecular flexibility index (Phi) is 5.68. The summed E-state index contributed by atoms with van der Waals surface area (Å²) in [6.07, 6.45) is 1.70. The lowest BCUT2D eigenvalue weighted by Gasteiger charge is -2.09. The third-order valence-electron chi connectivity index (χ3n) is 4.08. The molecule has 0 aliphatic rings. The lowest BCUT2D eigenvalue weighted by Crippen LogP contribution is -2.32. The average molecular weight is 411 g/mol. The summed E-state index contributed by atoms with van der Waals surface area (Å²) in [5, 5.41) is 2.81. The van der Waals surface area contributed by atoms with Gasteiger partial charge in [0.15, 0.2) is 0 Å². The zero-order valence-electron chi connectivity index (χ0n) is 14.4. The molecule has 1 amide bonds. The van der Waals surface area contributed by atoms with Crippen LogP contribution >= 0.6 is 15.9 Å². The Morgan fingerprint density at radius 1 is 1.04 bits per heavy atom. The maximum atomic E-state index is 12.6. The van der Waals surface area contributed by atoms with Gasteiger partial charge in [-0.2, -0.15) is 0 Å². The molecule has 0 saturated carbocycles. The van der Waals surface area contributed by atoms with E-state index in [-0.39, 0.29) is 17.0 Å². The number of nitrogens with zero attached hydrogens (tertiary/aromatic N) is 1. The molecule has 0 spiro atoms. The Morgan fingerprint density at radius 2 is 1.81 bits per heavy atom. The maximum Gasteiger partial charge on any atom is 0.263 e. The van der Waals surface area contributed by atoms with Gasteiger partial charge in [-0.25, -0.2) is 0 Å². The van der Waals surface area contributed by atoms with Gasteiger partial charge in [-0.05, 0) is 42.3 Å². The molecular weight excluding hydrogens is 392 g/mol. The van der Waals surface area contributed by atoms with E-state index in [1.165, 1.54) is 5.56 Å².